The summed E-state index contributed by atoms with van der Waals surface area (Å²) < 4.78 is 5.95. The summed E-state index contributed by atoms with van der Waals surface area (Å²) in [6.07, 6.45) is 5.34. The maximum Gasteiger partial charge on any atom is 0.160 e. The lowest BCUT2D eigenvalue weighted by molar-refractivity contribution is 0.246. The lowest BCUT2D eigenvalue weighted by Crippen LogP contribution is -2.18. The number of hydrogen-bond acceptors (Lipinski definition) is 4. The molecule has 0 saturated heterocycles. The van der Waals surface area contributed by atoms with Crippen LogP contribution in [0.25, 0.3) is 0 Å². The van der Waals surface area contributed by atoms with Crippen LogP contribution >= 0.6 is 0 Å². The predicted octanol–water partition coefficient (Wildman–Crippen LogP) is 3.91. The van der Waals surface area contributed by atoms with Crippen molar-refractivity contribution in [1.82, 2.24) is 15.3 Å². The summed E-state index contributed by atoms with van der Waals surface area (Å²) in [6, 6.07) is 0. The molecule has 1 atom stereocenters. The summed E-state index contributed by atoms with van der Waals surface area (Å²) in [4.78, 5) is 9.10. The van der Waals surface area contributed by atoms with E-state index in [-0.39, 0.29) is 0 Å². The molecule has 21 heavy (non-hydrogen) atoms. The van der Waals surface area contributed by atoms with Crippen molar-refractivity contribution in [1.29, 1.82) is 0 Å². The number of aromatic nitrogens is 2. The molecule has 1 N–H and O–H groups in total. The average Bonchev–Trinajstić information content (AvgIpc) is 2.46. The van der Waals surface area contributed by atoms with E-state index in [1.165, 1.54) is 12.8 Å². The molecular formula is C17H31N3O. The minimum atomic E-state index is 0.336. The third kappa shape index (κ3) is 6.42. The molecule has 0 aliphatic rings. The van der Waals surface area contributed by atoms with Crippen LogP contribution in [-0.2, 0) is 6.54 Å². The third-order valence-electron chi connectivity index (χ3n) is 3.39. The van der Waals surface area contributed by atoms with Gasteiger partial charge in [-0.3, -0.25) is 0 Å². The summed E-state index contributed by atoms with van der Waals surface area (Å²) in [6.45, 7) is 13.3. The number of hydrogen-bond donors (Lipinski definition) is 1. The van der Waals surface area contributed by atoms with Crippen LogP contribution < -0.4 is 10.1 Å². The molecule has 1 unspecified atom stereocenters. The van der Waals surface area contributed by atoms with Gasteiger partial charge in [0.15, 0.2) is 5.75 Å². The highest BCUT2D eigenvalue weighted by Crippen LogP contribution is 2.20. The molecule has 0 aliphatic carbocycles. The van der Waals surface area contributed by atoms with Crippen LogP contribution in [-0.4, -0.2) is 23.1 Å². The number of nitrogens with zero attached hydrogens (tertiary/aromatic N) is 2. The molecule has 1 aromatic heterocycles. The minimum Gasteiger partial charge on any atom is -0.490 e. The Bertz CT molecular complexity index is 407. The maximum atomic E-state index is 5.95. The SMILES string of the molecule is CCCNCc1nc(C(C)C)ncc1OCC(C)CCC. The van der Waals surface area contributed by atoms with Crippen molar-refractivity contribution in [3.63, 3.8) is 0 Å². The fourth-order valence-corrected chi connectivity index (χ4v) is 2.14. The smallest absolute Gasteiger partial charge is 0.160 e. The Labute approximate surface area is 129 Å². The molecule has 0 fully saturated rings. The van der Waals surface area contributed by atoms with Gasteiger partial charge in [-0.25, -0.2) is 9.97 Å². The third-order valence-corrected chi connectivity index (χ3v) is 3.39. The van der Waals surface area contributed by atoms with Gasteiger partial charge in [0, 0.05) is 12.5 Å². The number of nitrogens with one attached hydrogen (secondary N) is 1. The van der Waals surface area contributed by atoms with E-state index in [0.717, 1.165) is 43.4 Å². The zero-order chi connectivity index (χ0) is 15.7. The standard InChI is InChI=1S/C17H31N3O/c1-6-8-14(5)12-21-16-11-19-17(13(3)4)20-15(16)10-18-9-7-2/h11,13-14,18H,6-10,12H2,1-5H3. The summed E-state index contributed by atoms with van der Waals surface area (Å²) in [7, 11) is 0. The van der Waals surface area contributed by atoms with Crippen molar-refractivity contribution >= 4 is 0 Å². The summed E-state index contributed by atoms with van der Waals surface area (Å²) >= 11 is 0. The first-order chi connectivity index (χ1) is 10.1. The lowest BCUT2D eigenvalue weighted by Gasteiger charge is -2.16. The fourth-order valence-electron chi connectivity index (χ4n) is 2.14. The average molecular weight is 293 g/mol. The van der Waals surface area contributed by atoms with Crippen molar-refractivity contribution in [3.8, 4) is 5.75 Å². The molecule has 0 spiro atoms. The highest BCUT2D eigenvalue weighted by atomic mass is 16.5. The molecule has 0 bridgehead atoms. The summed E-state index contributed by atoms with van der Waals surface area (Å²) in [5.74, 6) is 2.61. The van der Waals surface area contributed by atoms with E-state index in [2.05, 4.69) is 49.9 Å². The van der Waals surface area contributed by atoms with Crippen LogP contribution in [0.4, 0.5) is 0 Å². The van der Waals surface area contributed by atoms with Gasteiger partial charge in [-0.1, -0.05) is 41.0 Å². The highest BCUT2D eigenvalue weighted by molar-refractivity contribution is 5.25. The molecule has 0 aliphatic heterocycles. The van der Waals surface area contributed by atoms with Crippen LogP contribution in [0.1, 0.15) is 71.3 Å². The lowest BCUT2D eigenvalue weighted by atomic mass is 10.1. The van der Waals surface area contributed by atoms with E-state index >= 15 is 0 Å². The molecule has 4 nitrogen and oxygen atoms in total. The van der Waals surface area contributed by atoms with E-state index < -0.39 is 0 Å². The minimum absolute atomic E-state index is 0.336. The normalized spacial score (nSPS) is 12.7. The van der Waals surface area contributed by atoms with E-state index in [4.69, 9.17) is 4.74 Å². The Balaban J connectivity index is 2.74. The second kappa shape index (κ2) is 9.72. The zero-order valence-electron chi connectivity index (χ0n) is 14.3. The predicted molar refractivity (Wildman–Crippen MR) is 87.7 cm³/mol. The van der Waals surface area contributed by atoms with Crippen LogP contribution in [0.2, 0.25) is 0 Å². The molecule has 0 saturated carbocycles. The second-order valence-corrected chi connectivity index (χ2v) is 6.08. The first-order valence-electron chi connectivity index (χ1n) is 8.27. The Morgan fingerprint density at radius 3 is 2.57 bits per heavy atom. The van der Waals surface area contributed by atoms with Gasteiger partial charge in [-0.05, 0) is 25.3 Å². The van der Waals surface area contributed by atoms with E-state index in [0.29, 0.717) is 11.8 Å². The van der Waals surface area contributed by atoms with Gasteiger partial charge in [0.2, 0.25) is 0 Å². The van der Waals surface area contributed by atoms with Crippen LogP contribution in [0.3, 0.4) is 0 Å². The molecular weight excluding hydrogens is 262 g/mol. The Morgan fingerprint density at radius 2 is 1.95 bits per heavy atom. The van der Waals surface area contributed by atoms with Gasteiger partial charge >= 0.3 is 0 Å². The second-order valence-electron chi connectivity index (χ2n) is 6.08. The van der Waals surface area contributed by atoms with Gasteiger partial charge in [0.25, 0.3) is 0 Å². The van der Waals surface area contributed by atoms with Gasteiger partial charge in [-0.15, -0.1) is 0 Å². The molecule has 1 aromatic rings. The largest absolute Gasteiger partial charge is 0.490 e. The molecule has 0 aromatic carbocycles. The van der Waals surface area contributed by atoms with Crippen molar-refractivity contribution in [2.75, 3.05) is 13.2 Å². The molecule has 0 radical (unpaired) electrons. The van der Waals surface area contributed by atoms with Gasteiger partial charge < -0.3 is 10.1 Å². The van der Waals surface area contributed by atoms with Crippen LogP contribution in [0.5, 0.6) is 5.75 Å². The van der Waals surface area contributed by atoms with E-state index in [1.54, 1.807) is 0 Å². The monoisotopic (exact) mass is 293 g/mol. The Kier molecular flexibility index (Phi) is 8.28. The molecule has 1 rings (SSSR count). The summed E-state index contributed by atoms with van der Waals surface area (Å²) in [5.41, 5.74) is 0.978. The molecule has 4 heteroatoms. The topological polar surface area (TPSA) is 47.0 Å². The number of rotatable bonds is 10. The zero-order valence-corrected chi connectivity index (χ0v) is 14.3. The van der Waals surface area contributed by atoms with Gasteiger partial charge in [-0.2, -0.15) is 0 Å². The summed E-state index contributed by atoms with van der Waals surface area (Å²) in [5, 5.41) is 3.40. The number of ether oxygens (including phenoxy) is 1. The van der Waals surface area contributed by atoms with Gasteiger partial charge in [0.1, 0.15) is 5.82 Å². The van der Waals surface area contributed by atoms with Crippen molar-refractivity contribution in [2.45, 2.75) is 66.3 Å². The van der Waals surface area contributed by atoms with Crippen molar-refractivity contribution in [3.05, 3.63) is 17.7 Å². The quantitative estimate of drug-likeness (QED) is 0.664. The van der Waals surface area contributed by atoms with Crippen LogP contribution in [0.15, 0.2) is 6.20 Å². The molecule has 0 amide bonds. The molecule has 1 heterocycles. The fraction of sp³-hybridized carbons (Fsp3) is 0.765. The highest BCUT2D eigenvalue weighted by Gasteiger charge is 2.12. The van der Waals surface area contributed by atoms with Crippen molar-refractivity contribution < 1.29 is 4.74 Å². The molecule has 120 valence electrons. The first-order valence-corrected chi connectivity index (χ1v) is 8.27. The van der Waals surface area contributed by atoms with E-state index in [1.807, 2.05) is 6.20 Å². The van der Waals surface area contributed by atoms with Gasteiger partial charge in [0.05, 0.1) is 18.5 Å². The first kappa shape index (κ1) is 17.9. The van der Waals surface area contributed by atoms with Crippen molar-refractivity contribution in [2.24, 2.45) is 5.92 Å². The van der Waals surface area contributed by atoms with Crippen LogP contribution in [0, 0.1) is 5.92 Å². The maximum absolute atomic E-state index is 5.95. The Hall–Kier alpha value is -1.16. The Morgan fingerprint density at radius 1 is 1.19 bits per heavy atom. The van der Waals surface area contributed by atoms with E-state index in [9.17, 15) is 0 Å².